The number of amides is 2. The maximum Gasteiger partial charge on any atom is 0.254 e. The predicted molar refractivity (Wildman–Crippen MR) is 169 cm³/mol. The number of benzene rings is 3. The van der Waals surface area contributed by atoms with Crippen molar-refractivity contribution in [1.29, 1.82) is 0 Å². The minimum Gasteiger partial charge on any atom is -0.489 e. The summed E-state index contributed by atoms with van der Waals surface area (Å²) in [4.78, 5) is 32.3. The van der Waals surface area contributed by atoms with Gasteiger partial charge in [0.25, 0.3) is 5.91 Å². The number of methoxy groups -OCH3 is 2. The van der Waals surface area contributed by atoms with Crippen LogP contribution in [-0.2, 0) is 20.7 Å². The molecule has 4 rings (SSSR count). The van der Waals surface area contributed by atoms with Crippen molar-refractivity contribution in [1.82, 2.24) is 9.80 Å². The summed E-state index contributed by atoms with van der Waals surface area (Å²) in [5.74, 6) is 0.453. The second-order valence-electron chi connectivity index (χ2n) is 11.1. The molecule has 43 heavy (non-hydrogen) atoms. The lowest BCUT2D eigenvalue weighted by atomic mass is 9.99. The summed E-state index contributed by atoms with van der Waals surface area (Å²) >= 11 is 6.13. The molecular weight excluding hydrogens is 564 g/mol. The zero-order valence-electron chi connectivity index (χ0n) is 25.3. The molecule has 3 aromatic carbocycles. The van der Waals surface area contributed by atoms with Crippen LogP contribution in [0.1, 0.15) is 41.4 Å². The van der Waals surface area contributed by atoms with Crippen LogP contribution in [0.15, 0.2) is 91.0 Å². The van der Waals surface area contributed by atoms with Gasteiger partial charge in [-0.2, -0.15) is 0 Å². The first-order valence-corrected chi connectivity index (χ1v) is 15.0. The van der Waals surface area contributed by atoms with Crippen LogP contribution >= 0.6 is 11.6 Å². The predicted octanol–water partition coefficient (Wildman–Crippen LogP) is 6.23. The van der Waals surface area contributed by atoms with Crippen molar-refractivity contribution in [3.05, 3.63) is 113 Å². The van der Waals surface area contributed by atoms with Gasteiger partial charge in [0.05, 0.1) is 0 Å². The van der Waals surface area contributed by atoms with Crippen LogP contribution in [0.3, 0.4) is 0 Å². The van der Waals surface area contributed by atoms with Gasteiger partial charge in [0, 0.05) is 56.4 Å². The van der Waals surface area contributed by atoms with Gasteiger partial charge in [-0.25, -0.2) is 0 Å². The van der Waals surface area contributed by atoms with Gasteiger partial charge in [0.2, 0.25) is 5.91 Å². The average Bonchev–Trinajstić information content (AvgIpc) is 3.01. The summed E-state index contributed by atoms with van der Waals surface area (Å²) < 4.78 is 18.1. The monoisotopic (exact) mass is 604 g/mol. The highest BCUT2D eigenvalue weighted by molar-refractivity contribution is 6.30. The van der Waals surface area contributed by atoms with E-state index in [-0.39, 0.29) is 37.4 Å². The Hall–Kier alpha value is -3.65. The lowest BCUT2D eigenvalue weighted by Crippen LogP contribution is -2.54. The van der Waals surface area contributed by atoms with Gasteiger partial charge in [-0.1, -0.05) is 80.1 Å². The Kier molecular flexibility index (Phi) is 11.8. The molecule has 0 saturated heterocycles. The third kappa shape index (κ3) is 8.47. The molecule has 228 valence electrons. The number of hydrogen-bond donors (Lipinski definition) is 0. The van der Waals surface area contributed by atoms with E-state index >= 15 is 0 Å². The molecule has 0 aromatic heterocycles. The molecular formula is C35H41ClN2O5. The van der Waals surface area contributed by atoms with Gasteiger partial charge in [-0.05, 0) is 47.9 Å². The van der Waals surface area contributed by atoms with Crippen LogP contribution in [0, 0.1) is 5.92 Å². The van der Waals surface area contributed by atoms with E-state index in [0.29, 0.717) is 29.3 Å². The second kappa shape index (κ2) is 15.7. The van der Waals surface area contributed by atoms with E-state index in [4.69, 9.17) is 25.8 Å². The number of para-hydroxylation sites is 1. The fraction of sp³-hybridized carbons (Fsp3) is 0.371. The zero-order valence-corrected chi connectivity index (χ0v) is 26.1. The Morgan fingerprint density at radius 3 is 2.33 bits per heavy atom. The molecule has 3 aromatic rings. The summed E-state index contributed by atoms with van der Waals surface area (Å²) in [5, 5.41) is 0.535. The van der Waals surface area contributed by atoms with Gasteiger partial charge < -0.3 is 24.0 Å². The lowest BCUT2D eigenvalue weighted by Gasteiger charge is -2.38. The van der Waals surface area contributed by atoms with E-state index in [0.717, 1.165) is 11.1 Å². The van der Waals surface area contributed by atoms with Gasteiger partial charge in [0.15, 0.2) is 0 Å². The SMILES string of the molecule is CO[C@H]1CN(CC(C)C)C(=O)[C@H](Cc2ccccc2)N(C(=O)c2ccc(Cl)cc2)C/C=C/COc2ccccc2[C@@H]1OC. The topological polar surface area (TPSA) is 68.3 Å². The number of ether oxygens (including phenoxy) is 3. The first-order chi connectivity index (χ1) is 20.8. The number of carbonyl (C=O) groups is 2. The summed E-state index contributed by atoms with van der Waals surface area (Å²) in [5.41, 5.74) is 2.26. The van der Waals surface area contributed by atoms with E-state index in [1.54, 1.807) is 43.4 Å². The maximum absolute atomic E-state index is 14.7. The van der Waals surface area contributed by atoms with E-state index in [1.807, 2.05) is 71.6 Å². The number of rotatable bonds is 7. The summed E-state index contributed by atoms with van der Waals surface area (Å²) in [6.07, 6.45) is 3.12. The fourth-order valence-corrected chi connectivity index (χ4v) is 5.54. The molecule has 3 atom stereocenters. The van der Waals surface area contributed by atoms with E-state index in [1.165, 1.54) is 0 Å². The van der Waals surface area contributed by atoms with E-state index < -0.39 is 18.2 Å². The van der Waals surface area contributed by atoms with Crippen molar-refractivity contribution in [2.75, 3.05) is 40.5 Å². The summed E-state index contributed by atoms with van der Waals surface area (Å²) in [7, 11) is 3.26. The minimum absolute atomic E-state index is 0.147. The van der Waals surface area contributed by atoms with Crippen LogP contribution in [0.5, 0.6) is 5.75 Å². The molecule has 0 unspecified atom stereocenters. The van der Waals surface area contributed by atoms with Gasteiger partial charge in [0.1, 0.15) is 30.6 Å². The molecule has 1 aliphatic rings. The highest BCUT2D eigenvalue weighted by Gasteiger charge is 2.36. The van der Waals surface area contributed by atoms with Crippen molar-refractivity contribution >= 4 is 23.4 Å². The van der Waals surface area contributed by atoms with Crippen molar-refractivity contribution in [3.63, 3.8) is 0 Å². The van der Waals surface area contributed by atoms with Crippen molar-refractivity contribution in [2.24, 2.45) is 5.92 Å². The Bertz CT molecular complexity index is 1360. The molecule has 1 aliphatic heterocycles. The third-order valence-corrected chi connectivity index (χ3v) is 7.76. The Labute approximate surface area is 260 Å². The number of hydrogen-bond acceptors (Lipinski definition) is 5. The standard InChI is InChI=1S/C35H41ClN2O5/c1-25(2)23-37-24-32(41-3)33(42-4)29-14-8-9-15-31(29)43-21-11-10-20-38(34(39)27-16-18-28(36)19-17-27)30(35(37)40)22-26-12-6-5-7-13-26/h5-19,25,30,32-33H,20-24H2,1-4H3/b11-10+/t30-,32-,33-/m0/s1. The molecule has 8 heteroatoms. The maximum atomic E-state index is 14.7. The number of fused-ring (bicyclic) bond motifs is 1. The highest BCUT2D eigenvalue weighted by Crippen LogP contribution is 2.32. The van der Waals surface area contributed by atoms with Crippen molar-refractivity contribution < 1.29 is 23.8 Å². The van der Waals surface area contributed by atoms with Crippen LogP contribution in [-0.4, -0.2) is 74.2 Å². The van der Waals surface area contributed by atoms with Crippen molar-refractivity contribution in [2.45, 2.75) is 38.5 Å². The van der Waals surface area contributed by atoms with Gasteiger partial charge in [-0.3, -0.25) is 9.59 Å². The smallest absolute Gasteiger partial charge is 0.254 e. The molecule has 0 radical (unpaired) electrons. The molecule has 0 N–H and O–H groups in total. The first-order valence-electron chi connectivity index (χ1n) is 14.6. The Balaban J connectivity index is 1.83. The number of halogens is 1. The van der Waals surface area contributed by atoms with E-state index in [9.17, 15) is 9.59 Å². The van der Waals surface area contributed by atoms with Gasteiger partial charge in [-0.15, -0.1) is 0 Å². The number of carbonyl (C=O) groups excluding carboxylic acids is 2. The minimum atomic E-state index is -0.774. The Morgan fingerprint density at radius 2 is 1.65 bits per heavy atom. The molecule has 0 saturated carbocycles. The quantitative estimate of drug-likeness (QED) is 0.299. The van der Waals surface area contributed by atoms with Crippen LogP contribution < -0.4 is 4.74 Å². The molecule has 7 nitrogen and oxygen atoms in total. The molecule has 0 aliphatic carbocycles. The van der Waals surface area contributed by atoms with Crippen LogP contribution in [0.2, 0.25) is 5.02 Å². The third-order valence-electron chi connectivity index (χ3n) is 7.51. The average molecular weight is 605 g/mol. The number of nitrogens with zero attached hydrogens (tertiary/aromatic N) is 2. The first kappa shape index (κ1) is 32.3. The van der Waals surface area contributed by atoms with Crippen LogP contribution in [0.4, 0.5) is 0 Å². The lowest BCUT2D eigenvalue weighted by molar-refractivity contribution is -0.140. The van der Waals surface area contributed by atoms with Crippen molar-refractivity contribution in [3.8, 4) is 5.75 Å². The van der Waals surface area contributed by atoms with Gasteiger partial charge >= 0.3 is 0 Å². The molecule has 0 spiro atoms. The highest BCUT2D eigenvalue weighted by atomic mass is 35.5. The normalized spacial score (nSPS) is 20.7. The zero-order chi connectivity index (χ0) is 30.8. The Morgan fingerprint density at radius 1 is 0.953 bits per heavy atom. The largest absolute Gasteiger partial charge is 0.489 e. The molecule has 0 fully saturated rings. The summed E-state index contributed by atoms with van der Waals surface area (Å²) in [6.45, 7) is 5.40. The molecule has 2 amide bonds. The molecule has 1 heterocycles. The van der Waals surface area contributed by atoms with E-state index in [2.05, 4.69) is 13.8 Å². The van der Waals surface area contributed by atoms with Crippen LogP contribution in [0.25, 0.3) is 0 Å². The molecule has 0 bridgehead atoms. The second-order valence-corrected chi connectivity index (χ2v) is 11.5. The summed E-state index contributed by atoms with van der Waals surface area (Å²) in [6, 6.07) is 23.5. The fourth-order valence-electron chi connectivity index (χ4n) is 5.42.